The Morgan fingerprint density at radius 1 is 1.64 bits per heavy atom. The maximum absolute atomic E-state index is 10.7. The summed E-state index contributed by atoms with van der Waals surface area (Å²) in [6.45, 7) is 5.78. The summed E-state index contributed by atoms with van der Waals surface area (Å²) in [4.78, 5) is 10.7. The molecule has 0 aromatic heterocycles. The van der Waals surface area contributed by atoms with Crippen molar-refractivity contribution in [1.29, 1.82) is 0 Å². The molecule has 2 N–H and O–H groups in total. The first kappa shape index (κ1) is 10.2. The maximum atomic E-state index is 10.7. The summed E-state index contributed by atoms with van der Waals surface area (Å²) in [5.74, 6) is -0.342. The van der Waals surface area contributed by atoms with E-state index in [0.29, 0.717) is 6.61 Å². The quantitative estimate of drug-likeness (QED) is 0.488. The van der Waals surface area contributed by atoms with Crippen molar-refractivity contribution in [2.75, 3.05) is 6.61 Å². The number of hydrogen-bond acceptors (Lipinski definition) is 3. The number of ether oxygens (including phenoxy) is 1. The Labute approximate surface area is 67.2 Å². The van der Waals surface area contributed by atoms with Gasteiger partial charge in [-0.15, -0.1) is 0 Å². The van der Waals surface area contributed by atoms with E-state index in [4.69, 9.17) is 5.73 Å². The SMILES string of the molecule is CCOC(=O)C=CC(C)(C)N. The molecule has 0 aromatic rings. The first-order valence-electron chi connectivity index (χ1n) is 3.60. The fourth-order valence-corrected chi connectivity index (χ4v) is 0.473. The largest absolute Gasteiger partial charge is 0.463 e. The number of nitrogens with two attached hydrogens (primary N) is 1. The Hall–Kier alpha value is -0.830. The Kier molecular flexibility index (Phi) is 3.82. The molecule has 11 heavy (non-hydrogen) atoms. The van der Waals surface area contributed by atoms with E-state index in [1.807, 2.05) is 13.8 Å². The highest BCUT2D eigenvalue weighted by atomic mass is 16.5. The lowest BCUT2D eigenvalue weighted by Crippen LogP contribution is -2.29. The van der Waals surface area contributed by atoms with Crippen molar-refractivity contribution < 1.29 is 9.53 Å². The molecular weight excluding hydrogens is 142 g/mol. The molecule has 0 rings (SSSR count). The van der Waals surface area contributed by atoms with Gasteiger partial charge in [-0.05, 0) is 20.8 Å². The van der Waals surface area contributed by atoms with Gasteiger partial charge < -0.3 is 10.5 Å². The summed E-state index contributed by atoms with van der Waals surface area (Å²) in [7, 11) is 0. The van der Waals surface area contributed by atoms with Crippen LogP contribution < -0.4 is 5.73 Å². The van der Waals surface area contributed by atoms with E-state index >= 15 is 0 Å². The van der Waals surface area contributed by atoms with Gasteiger partial charge in [0, 0.05) is 11.6 Å². The third-order valence-electron chi connectivity index (χ3n) is 0.936. The highest BCUT2D eigenvalue weighted by Gasteiger charge is 2.05. The van der Waals surface area contributed by atoms with Crippen LogP contribution in [0.2, 0.25) is 0 Å². The normalized spacial score (nSPS) is 12.0. The van der Waals surface area contributed by atoms with Gasteiger partial charge in [-0.25, -0.2) is 4.79 Å². The fourth-order valence-electron chi connectivity index (χ4n) is 0.473. The summed E-state index contributed by atoms with van der Waals surface area (Å²) >= 11 is 0. The molecule has 0 unspecified atom stereocenters. The Morgan fingerprint density at radius 2 is 2.18 bits per heavy atom. The number of carbonyl (C=O) groups excluding carboxylic acids is 1. The minimum atomic E-state index is -0.452. The van der Waals surface area contributed by atoms with Crippen molar-refractivity contribution in [3.05, 3.63) is 12.2 Å². The standard InChI is InChI=1S/C8H15NO2/c1-4-11-7(10)5-6-8(2,3)9/h5-6H,4,9H2,1-3H3. The lowest BCUT2D eigenvalue weighted by molar-refractivity contribution is -0.137. The number of esters is 1. The van der Waals surface area contributed by atoms with E-state index < -0.39 is 5.54 Å². The van der Waals surface area contributed by atoms with Crippen molar-refractivity contribution in [2.45, 2.75) is 26.3 Å². The minimum absolute atomic E-state index is 0.342. The smallest absolute Gasteiger partial charge is 0.330 e. The molecule has 0 amide bonds. The van der Waals surface area contributed by atoms with Gasteiger partial charge in [0.2, 0.25) is 0 Å². The van der Waals surface area contributed by atoms with Crippen LogP contribution in [0, 0.1) is 0 Å². The second-order valence-electron chi connectivity index (χ2n) is 2.91. The summed E-state index contributed by atoms with van der Waals surface area (Å²) in [6, 6.07) is 0. The molecule has 0 radical (unpaired) electrons. The molecule has 0 spiro atoms. The fraction of sp³-hybridized carbons (Fsp3) is 0.625. The molecule has 3 heteroatoms. The predicted molar refractivity (Wildman–Crippen MR) is 44.0 cm³/mol. The van der Waals surface area contributed by atoms with E-state index in [-0.39, 0.29) is 5.97 Å². The average Bonchev–Trinajstić information content (AvgIpc) is 1.83. The second-order valence-corrected chi connectivity index (χ2v) is 2.91. The highest BCUT2D eigenvalue weighted by molar-refractivity contribution is 5.82. The molecule has 3 nitrogen and oxygen atoms in total. The summed E-state index contributed by atoms with van der Waals surface area (Å²) in [6.07, 6.45) is 2.97. The number of rotatable bonds is 3. The predicted octanol–water partition coefficient (Wildman–Crippen LogP) is 0.843. The van der Waals surface area contributed by atoms with Crippen molar-refractivity contribution >= 4 is 5.97 Å². The van der Waals surface area contributed by atoms with Crippen LogP contribution in [-0.2, 0) is 9.53 Å². The van der Waals surface area contributed by atoms with E-state index in [1.165, 1.54) is 6.08 Å². The topological polar surface area (TPSA) is 52.3 Å². The van der Waals surface area contributed by atoms with Crippen LogP contribution in [0.3, 0.4) is 0 Å². The van der Waals surface area contributed by atoms with Crippen molar-refractivity contribution in [2.24, 2.45) is 5.73 Å². The van der Waals surface area contributed by atoms with Gasteiger partial charge in [0.15, 0.2) is 0 Å². The lowest BCUT2D eigenvalue weighted by atomic mass is 10.1. The van der Waals surface area contributed by atoms with Gasteiger partial charge in [0.25, 0.3) is 0 Å². The second kappa shape index (κ2) is 4.13. The zero-order valence-electron chi connectivity index (χ0n) is 7.26. The monoisotopic (exact) mass is 157 g/mol. The van der Waals surface area contributed by atoms with Gasteiger partial charge in [0.05, 0.1) is 6.61 Å². The minimum Gasteiger partial charge on any atom is -0.463 e. The van der Waals surface area contributed by atoms with Crippen molar-refractivity contribution in [1.82, 2.24) is 0 Å². The maximum Gasteiger partial charge on any atom is 0.330 e. The van der Waals surface area contributed by atoms with Crippen LogP contribution >= 0.6 is 0 Å². The highest BCUT2D eigenvalue weighted by Crippen LogP contribution is 1.98. The van der Waals surface area contributed by atoms with Crippen LogP contribution in [0.25, 0.3) is 0 Å². The molecule has 0 aliphatic rings. The Morgan fingerprint density at radius 3 is 2.55 bits per heavy atom. The molecule has 0 fully saturated rings. The van der Waals surface area contributed by atoms with Crippen LogP contribution in [-0.4, -0.2) is 18.1 Å². The molecule has 0 saturated heterocycles. The molecule has 0 aliphatic heterocycles. The molecule has 0 atom stereocenters. The average molecular weight is 157 g/mol. The molecule has 0 aliphatic carbocycles. The van der Waals surface area contributed by atoms with Crippen LogP contribution in [0.4, 0.5) is 0 Å². The number of hydrogen-bond donors (Lipinski definition) is 1. The first-order chi connectivity index (χ1) is 4.95. The van der Waals surface area contributed by atoms with E-state index in [2.05, 4.69) is 4.74 Å². The van der Waals surface area contributed by atoms with E-state index in [0.717, 1.165) is 0 Å². The zero-order chi connectivity index (χ0) is 8.91. The Balaban J connectivity index is 3.83. The summed E-state index contributed by atoms with van der Waals surface area (Å²) in [5.41, 5.74) is 5.13. The molecular formula is C8H15NO2. The van der Waals surface area contributed by atoms with E-state index in [9.17, 15) is 4.79 Å². The molecule has 0 bridgehead atoms. The Bertz CT molecular complexity index is 156. The van der Waals surface area contributed by atoms with Gasteiger partial charge >= 0.3 is 5.97 Å². The first-order valence-corrected chi connectivity index (χ1v) is 3.60. The summed E-state index contributed by atoms with van der Waals surface area (Å²) < 4.78 is 4.66. The van der Waals surface area contributed by atoms with Gasteiger partial charge in [-0.2, -0.15) is 0 Å². The van der Waals surface area contributed by atoms with Crippen LogP contribution in [0.1, 0.15) is 20.8 Å². The molecule has 0 saturated carbocycles. The van der Waals surface area contributed by atoms with Gasteiger partial charge in [-0.3, -0.25) is 0 Å². The van der Waals surface area contributed by atoms with Crippen LogP contribution in [0.5, 0.6) is 0 Å². The lowest BCUT2D eigenvalue weighted by Gasteiger charge is -2.10. The summed E-state index contributed by atoms with van der Waals surface area (Å²) in [5, 5.41) is 0. The molecule has 0 heterocycles. The van der Waals surface area contributed by atoms with E-state index in [1.54, 1.807) is 13.0 Å². The van der Waals surface area contributed by atoms with Crippen molar-refractivity contribution in [3.63, 3.8) is 0 Å². The third-order valence-corrected chi connectivity index (χ3v) is 0.936. The number of carbonyl (C=O) groups is 1. The van der Waals surface area contributed by atoms with Crippen molar-refractivity contribution in [3.8, 4) is 0 Å². The van der Waals surface area contributed by atoms with Gasteiger partial charge in [-0.1, -0.05) is 6.08 Å². The van der Waals surface area contributed by atoms with Gasteiger partial charge in [0.1, 0.15) is 0 Å². The molecule has 64 valence electrons. The van der Waals surface area contributed by atoms with Crippen LogP contribution in [0.15, 0.2) is 12.2 Å². The zero-order valence-corrected chi connectivity index (χ0v) is 7.26. The third kappa shape index (κ3) is 7.06. The molecule has 0 aromatic carbocycles.